The first-order valence-electron chi connectivity index (χ1n) is 12.8. The summed E-state index contributed by atoms with van der Waals surface area (Å²) in [6.07, 6.45) is 12.3. The van der Waals surface area contributed by atoms with Gasteiger partial charge in [0.25, 0.3) is 0 Å². The molecule has 1 aliphatic heterocycles. The molecule has 3 fully saturated rings. The van der Waals surface area contributed by atoms with E-state index in [-0.39, 0.29) is 5.91 Å². The summed E-state index contributed by atoms with van der Waals surface area (Å²) in [5, 5.41) is 12.0. The van der Waals surface area contributed by atoms with Crippen LogP contribution in [0.5, 0.6) is 0 Å². The van der Waals surface area contributed by atoms with Gasteiger partial charge in [0.05, 0.1) is 22.8 Å². The molecule has 5 nitrogen and oxygen atoms in total. The van der Waals surface area contributed by atoms with E-state index in [2.05, 4.69) is 20.9 Å². The second-order valence-corrected chi connectivity index (χ2v) is 11.5. The van der Waals surface area contributed by atoms with Crippen LogP contribution in [-0.4, -0.2) is 26.9 Å². The number of hydrogen-bond donors (Lipinski definition) is 0. The zero-order valence-corrected chi connectivity index (χ0v) is 20.9. The Labute approximate surface area is 214 Å². The molecule has 1 amide bonds. The molecule has 188 valence electrons. The van der Waals surface area contributed by atoms with Crippen LogP contribution in [0.15, 0.2) is 47.7 Å². The van der Waals surface area contributed by atoms with E-state index in [9.17, 15) is 13.6 Å². The van der Waals surface area contributed by atoms with Gasteiger partial charge in [-0.15, -0.1) is 0 Å². The average Bonchev–Trinajstić information content (AvgIpc) is 3.43. The quantitative estimate of drug-likeness (QED) is 0.290. The first-order valence-corrected chi connectivity index (χ1v) is 13.1. The summed E-state index contributed by atoms with van der Waals surface area (Å²) < 4.78 is 29.3. The van der Waals surface area contributed by atoms with Gasteiger partial charge in [-0.25, -0.2) is 13.8 Å². The Balaban J connectivity index is 0.939. The van der Waals surface area contributed by atoms with E-state index in [1.807, 2.05) is 18.3 Å². The molecule has 1 aromatic heterocycles. The minimum Gasteiger partial charge on any atom is -0.273 e. The van der Waals surface area contributed by atoms with Crippen LogP contribution in [0, 0.1) is 22.5 Å². The van der Waals surface area contributed by atoms with E-state index in [0.717, 1.165) is 47.8 Å². The largest absolute Gasteiger partial charge is 0.273 e. The van der Waals surface area contributed by atoms with Crippen molar-refractivity contribution in [1.29, 1.82) is 0 Å². The van der Waals surface area contributed by atoms with Gasteiger partial charge in [-0.2, -0.15) is 10.2 Å². The fourth-order valence-corrected chi connectivity index (χ4v) is 7.25. The zero-order chi connectivity index (χ0) is 24.9. The van der Waals surface area contributed by atoms with Gasteiger partial charge < -0.3 is 0 Å². The number of nitrogens with zero attached hydrogens (tertiary/aromatic N) is 4. The number of hydrogen-bond acceptors (Lipinski definition) is 3. The number of halogens is 3. The maximum Gasteiger partial charge on any atom is 0.243 e. The van der Waals surface area contributed by atoms with Crippen molar-refractivity contribution in [2.45, 2.75) is 70.4 Å². The van der Waals surface area contributed by atoms with Crippen LogP contribution < -0.4 is 0 Å². The highest BCUT2D eigenvalue weighted by atomic mass is 35.5. The van der Waals surface area contributed by atoms with Crippen LogP contribution in [-0.2, 0) is 11.3 Å². The molecule has 3 aliphatic carbocycles. The Hall–Kier alpha value is -2.80. The van der Waals surface area contributed by atoms with Crippen molar-refractivity contribution in [2.75, 3.05) is 0 Å². The number of hydrazone groups is 1. The summed E-state index contributed by atoms with van der Waals surface area (Å²) in [6.45, 7) is 0.934. The predicted molar refractivity (Wildman–Crippen MR) is 136 cm³/mol. The molecule has 8 heteroatoms. The molecule has 0 N–H and O–H groups in total. The molecule has 0 spiro atoms. The first kappa shape index (κ1) is 23.6. The van der Waals surface area contributed by atoms with Gasteiger partial charge in [-0.1, -0.05) is 36.6 Å². The second-order valence-electron chi connectivity index (χ2n) is 11.1. The lowest BCUT2D eigenvalue weighted by atomic mass is 9.34. The van der Waals surface area contributed by atoms with Crippen molar-refractivity contribution >= 4 is 34.6 Å². The fraction of sp³-hybridized carbons (Fsp3) is 0.464. The standard InChI is InChI=1S/C28H29ClF2N4O/c29-23-6-4-5-19-14-33-34(26(19)23)18-28-15-27(16-28,17-28)9-3-1-2-7-25(36)35-24(8-10-32-35)20-11-21(30)13-22(31)12-20/h4-6,10-14,24H,1-3,7-9,15-18H2. The zero-order valence-electron chi connectivity index (χ0n) is 20.1. The third kappa shape index (κ3) is 4.21. The maximum atomic E-state index is 13.6. The van der Waals surface area contributed by atoms with E-state index in [1.165, 1.54) is 42.8 Å². The Kier molecular flexibility index (Phi) is 5.86. The highest BCUT2D eigenvalue weighted by Crippen LogP contribution is 2.75. The van der Waals surface area contributed by atoms with Gasteiger partial charge in [0, 0.05) is 37.1 Å². The third-order valence-corrected chi connectivity index (χ3v) is 8.61. The highest BCUT2D eigenvalue weighted by molar-refractivity contribution is 6.35. The number of carbonyl (C=O) groups is 1. The molecule has 1 unspecified atom stereocenters. The molecule has 1 atom stereocenters. The second kappa shape index (κ2) is 8.94. The molecular weight excluding hydrogens is 482 g/mol. The summed E-state index contributed by atoms with van der Waals surface area (Å²) in [5.41, 5.74) is 2.33. The number of carbonyl (C=O) groups excluding carboxylic acids is 1. The predicted octanol–water partition coefficient (Wildman–Crippen LogP) is 7.05. The van der Waals surface area contributed by atoms with Crippen LogP contribution in [0.2, 0.25) is 5.02 Å². The van der Waals surface area contributed by atoms with Crippen LogP contribution >= 0.6 is 11.6 Å². The molecule has 36 heavy (non-hydrogen) atoms. The van der Waals surface area contributed by atoms with Crippen LogP contribution in [0.4, 0.5) is 8.78 Å². The van der Waals surface area contributed by atoms with Gasteiger partial charge in [-0.3, -0.25) is 9.48 Å². The molecule has 4 aliphatic rings. The average molecular weight is 511 g/mol. The molecule has 2 heterocycles. The Bertz CT molecular complexity index is 1310. The third-order valence-electron chi connectivity index (χ3n) is 8.30. The van der Waals surface area contributed by atoms with E-state index in [1.54, 1.807) is 6.21 Å². The summed E-state index contributed by atoms with van der Waals surface area (Å²) in [4.78, 5) is 12.8. The lowest BCUT2D eigenvalue weighted by Crippen LogP contribution is -2.63. The van der Waals surface area contributed by atoms with E-state index >= 15 is 0 Å². The highest BCUT2D eigenvalue weighted by Gasteiger charge is 2.66. The first-order chi connectivity index (χ1) is 17.4. The molecule has 7 rings (SSSR count). The summed E-state index contributed by atoms with van der Waals surface area (Å²) in [7, 11) is 0. The number of aromatic nitrogens is 2. The normalized spacial score (nSPS) is 26.3. The number of para-hydroxylation sites is 1. The van der Waals surface area contributed by atoms with Crippen LogP contribution in [0.1, 0.15) is 69.4 Å². The van der Waals surface area contributed by atoms with Crippen molar-refractivity contribution in [3.8, 4) is 0 Å². The summed E-state index contributed by atoms with van der Waals surface area (Å²) >= 11 is 6.42. The molecule has 3 aromatic rings. The Morgan fingerprint density at radius 1 is 1.06 bits per heavy atom. The molecular formula is C28H29ClF2N4O. The maximum absolute atomic E-state index is 13.6. The minimum atomic E-state index is -0.638. The van der Waals surface area contributed by atoms with E-state index in [0.29, 0.717) is 29.2 Å². The van der Waals surface area contributed by atoms with Crippen LogP contribution in [0.3, 0.4) is 0 Å². The van der Waals surface area contributed by atoms with Crippen molar-refractivity contribution in [1.82, 2.24) is 14.8 Å². The molecule has 2 aromatic carbocycles. The minimum absolute atomic E-state index is 0.0898. The lowest BCUT2D eigenvalue weighted by molar-refractivity contribution is -0.216. The van der Waals surface area contributed by atoms with Crippen molar-refractivity contribution in [2.24, 2.45) is 15.9 Å². The Morgan fingerprint density at radius 3 is 2.61 bits per heavy atom. The number of unbranched alkanes of at least 4 members (excludes halogenated alkanes) is 2. The Morgan fingerprint density at radius 2 is 1.83 bits per heavy atom. The smallest absolute Gasteiger partial charge is 0.243 e. The summed E-state index contributed by atoms with van der Waals surface area (Å²) in [6, 6.07) is 8.91. The number of benzene rings is 2. The van der Waals surface area contributed by atoms with Gasteiger partial charge in [-0.05, 0) is 66.7 Å². The van der Waals surface area contributed by atoms with Gasteiger partial charge in [0.15, 0.2) is 0 Å². The molecule has 3 saturated carbocycles. The number of rotatable bonds is 9. The topological polar surface area (TPSA) is 50.5 Å². The SMILES string of the molecule is O=C(CCCCCC12CC(Cn3ncc4cccc(Cl)c43)(C1)C2)N1N=CCC1c1cc(F)cc(F)c1. The van der Waals surface area contributed by atoms with Crippen molar-refractivity contribution in [3.63, 3.8) is 0 Å². The van der Waals surface area contributed by atoms with E-state index in [4.69, 9.17) is 11.6 Å². The molecule has 2 bridgehead atoms. The molecule has 0 radical (unpaired) electrons. The van der Waals surface area contributed by atoms with Crippen LogP contribution in [0.25, 0.3) is 10.9 Å². The fourth-order valence-electron chi connectivity index (χ4n) is 6.97. The van der Waals surface area contributed by atoms with Gasteiger partial charge >= 0.3 is 0 Å². The lowest BCUT2D eigenvalue weighted by Gasteiger charge is -2.71. The van der Waals surface area contributed by atoms with Crippen molar-refractivity contribution < 1.29 is 13.6 Å². The number of amides is 1. The van der Waals surface area contributed by atoms with E-state index < -0.39 is 17.7 Å². The monoisotopic (exact) mass is 510 g/mol. The van der Waals surface area contributed by atoms with Gasteiger partial charge in [0.2, 0.25) is 5.91 Å². The number of fused-ring (bicyclic) bond motifs is 1. The molecule has 0 saturated heterocycles. The summed E-state index contributed by atoms with van der Waals surface area (Å²) in [5.74, 6) is -1.36. The van der Waals surface area contributed by atoms with Crippen molar-refractivity contribution in [3.05, 3.63) is 64.8 Å². The van der Waals surface area contributed by atoms with Gasteiger partial charge in [0.1, 0.15) is 11.6 Å².